The van der Waals surface area contributed by atoms with Crippen molar-refractivity contribution >= 4 is 5.78 Å². The van der Waals surface area contributed by atoms with Crippen LogP contribution in [-0.2, 0) is 4.79 Å². The van der Waals surface area contributed by atoms with Crippen LogP contribution in [0.15, 0.2) is 11.6 Å². The first-order chi connectivity index (χ1) is 15.6. The van der Waals surface area contributed by atoms with E-state index in [-0.39, 0.29) is 30.6 Å². The van der Waals surface area contributed by atoms with Crippen molar-refractivity contribution in [2.75, 3.05) is 0 Å². The maximum absolute atomic E-state index is 13.3. The van der Waals surface area contributed by atoms with E-state index in [9.17, 15) is 30.3 Å². The maximum Gasteiger partial charge on any atom is 0.187 e. The smallest absolute Gasteiger partial charge is 0.187 e. The number of ketones is 1. The van der Waals surface area contributed by atoms with Gasteiger partial charge in [0.25, 0.3) is 0 Å². The summed E-state index contributed by atoms with van der Waals surface area (Å²) in [5, 5.41) is 55.6. The molecule has 0 unspecified atom stereocenters. The molecule has 0 heterocycles. The second-order valence-electron chi connectivity index (χ2n) is 13.2. The number of rotatable bonds is 5. The van der Waals surface area contributed by atoms with Gasteiger partial charge in [0, 0.05) is 17.3 Å². The van der Waals surface area contributed by atoms with E-state index in [1.165, 1.54) is 6.08 Å². The summed E-state index contributed by atoms with van der Waals surface area (Å²) in [5.74, 6) is 0.343. The first-order valence-electron chi connectivity index (χ1n) is 13.4. The first kappa shape index (κ1) is 26.3. The van der Waals surface area contributed by atoms with Gasteiger partial charge in [-0.15, -0.1) is 0 Å². The van der Waals surface area contributed by atoms with Gasteiger partial charge in [-0.3, -0.25) is 4.79 Å². The van der Waals surface area contributed by atoms with E-state index in [0.29, 0.717) is 30.3 Å². The number of aliphatic hydroxyl groups excluding tert-OH is 3. The van der Waals surface area contributed by atoms with Gasteiger partial charge in [-0.1, -0.05) is 41.5 Å². The van der Waals surface area contributed by atoms with E-state index >= 15 is 0 Å². The normalized spacial score (nSPS) is 49.1. The number of hydrogen-bond acceptors (Lipinski definition) is 6. The highest BCUT2D eigenvalue weighted by atomic mass is 16.3. The Labute approximate surface area is 204 Å². The van der Waals surface area contributed by atoms with Crippen LogP contribution < -0.4 is 0 Å². The van der Waals surface area contributed by atoms with Gasteiger partial charge in [-0.25, -0.2) is 0 Å². The summed E-state index contributed by atoms with van der Waals surface area (Å²) in [6, 6.07) is 0. The molecular formula is C28H46O6. The second kappa shape index (κ2) is 8.37. The zero-order valence-corrected chi connectivity index (χ0v) is 21.8. The molecule has 4 aliphatic carbocycles. The van der Waals surface area contributed by atoms with E-state index in [0.717, 1.165) is 19.3 Å². The van der Waals surface area contributed by atoms with Crippen LogP contribution in [-0.4, -0.2) is 60.8 Å². The third-order valence-electron chi connectivity index (χ3n) is 11.4. The molecule has 5 N–H and O–H groups in total. The Morgan fingerprint density at radius 2 is 1.56 bits per heavy atom. The largest absolute Gasteiger partial charge is 0.393 e. The Morgan fingerprint density at radius 3 is 2.18 bits per heavy atom. The molecule has 0 spiro atoms. The fourth-order valence-corrected chi connectivity index (χ4v) is 8.37. The van der Waals surface area contributed by atoms with Gasteiger partial charge >= 0.3 is 0 Å². The molecule has 0 bridgehead atoms. The molecule has 0 aromatic rings. The molecule has 4 aliphatic rings. The van der Waals surface area contributed by atoms with Crippen LogP contribution >= 0.6 is 0 Å². The summed E-state index contributed by atoms with van der Waals surface area (Å²) in [4.78, 5) is 13.3. The van der Waals surface area contributed by atoms with E-state index in [4.69, 9.17) is 0 Å². The Balaban J connectivity index is 1.67. The number of aliphatic hydroxyl groups is 5. The average Bonchev–Trinajstić information content (AvgIpc) is 3.02. The highest BCUT2D eigenvalue weighted by Gasteiger charge is 2.70. The number of fused-ring (bicyclic) bond motifs is 5. The third kappa shape index (κ3) is 3.42. The molecular weight excluding hydrogens is 432 g/mol. The van der Waals surface area contributed by atoms with Crippen LogP contribution in [0.25, 0.3) is 0 Å². The van der Waals surface area contributed by atoms with Gasteiger partial charge < -0.3 is 25.5 Å². The van der Waals surface area contributed by atoms with Crippen LogP contribution in [0.4, 0.5) is 0 Å². The van der Waals surface area contributed by atoms with Gasteiger partial charge in [0.2, 0.25) is 0 Å². The molecule has 6 heteroatoms. The van der Waals surface area contributed by atoms with Gasteiger partial charge in [-0.2, -0.15) is 0 Å². The van der Waals surface area contributed by atoms with E-state index in [2.05, 4.69) is 34.6 Å². The molecule has 3 fully saturated rings. The molecule has 0 aromatic carbocycles. The Kier molecular flexibility index (Phi) is 6.47. The highest BCUT2D eigenvalue weighted by Crippen LogP contribution is 2.68. The molecule has 0 saturated heterocycles. The van der Waals surface area contributed by atoms with Gasteiger partial charge in [0.05, 0.1) is 23.9 Å². The molecule has 3 saturated carbocycles. The first-order valence-corrected chi connectivity index (χ1v) is 13.4. The van der Waals surface area contributed by atoms with Crippen LogP contribution in [0, 0.1) is 40.4 Å². The van der Waals surface area contributed by atoms with Crippen molar-refractivity contribution in [1.82, 2.24) is 0 Å². The Hall–Kier alpha value is -0.790. The molecule has 4 rings (SSSR count). The number of hydrogen-bond donors (Lipinski definition) is 5. The monoisotopic (exact) mass is 478 g/mol. The lowest BCUT2D eigenvalue weighted by Gasteiger charge is -2.62. The predicted octanol–water partition coefficient (Wildman–Crippen LogP) is 2.99. The molecule has 11 atom stereocenters. The number of carbonyl (C=O) groups is 1. The van der Waals surface area contributed by atoms with E-state index in [1.54, 1.807) is 0 Å². The molecule has 0 amide bonds. The summed E-state index contributed by atoms with van der Waals surface area (Å²) < 4.78 is 0. The lowest BCUT2D eigenvalue weighted by molar-refractivity contribution is -0.207. The van der Waals surface area contributed by atoms with Crippen LogP contribution in [0.3, 0.4) is 0 Å². The SMILES string of the molecule is CC(C)[C@@H](C)C[C@@H](O)[C@@H](C)[C@H]1CC[C@@]2(O)C3=CC(=O)[C@@]4(O)C[C@@H](O)[C@@H](O)C[C@]4(C)[C@H]3CC[C@]12C. The summed E-state index contributed by atoms with van der Waals surface area (Å²) >= 11 is 0. The van der Waals surface area contributed by atoms with Crippen LogP contribution in [0.1, 0.15) is 86.5 Å². The van der Waals surface area contributed by atoms with Crippen molar-refractivity contribution in [3.8, 4) is 0 Å². The minimum absolute atomic E-state index is 0.0239. The average molecular weight is 479 g/mol. The van der Waals surface area contributed by atoms with Gasteiger partial charge in [0.1, 0.15) is 5.60 Å². The molecule has 194 valence electrons. The predicted molar refractivity (Wildman–Crippen MR) is 130 cm³/mol. The second-order valence-corrected chi connectivity index (χ2v) is 13.2. The topological polar surface area (TPSA) is 118 Å². The third-order valence-corrected chi connectivity index (χ3v) is 11.4. The Morgan fingerprint density at radius 1 is 0.941 bits per heavy atom. The minimum Gasteiger partial charge on any atom is -0.393 e. The number of carbonyl (C=O) groups excluding carboxylic acids is 1. The fraction of sp³-hybridized carbons (Fsp3) is 0.893. The fourth-order valence-electron chi connectivity index (χ4n) is 8.37. The summed E-state index contributed by atoms with van der Waals surface area (Å²) in [7, 11) is 0. The van der Waals surface area contributed by atoms with Crippen LogP contribution in [0.2, 0.25) is 0 Å². The van der Waals surface area contributed by atoms with Gasteiger partial charge in [0.15, 0.2) is 5.78 Å². The van der Waals surface area contributed by atoms with Crippen molar-refractivity contribution in [3.05, 3.63) is 11.6 Å². The van der Waals surface area contributed by atoms with Crippen molar-refractivity contribution in [3.63, 3.8) is 0 Å². The summed E-state index contributed by atoms with van der Waals surface area (Å²) in [6.07, 6.45) is 2.29. The van der Waals surface area contributed by atoms with Crippen LogP contribution in [0.5, 0.6) is 0 Å². The van der Waals surface area contributed by atoms with Crippen molar-refractivity contribution in [2.24, 2.45) is 40.4 Å². The minimum atomic E-state index is -1.74. The molecule has 6 nitrogen and oxygen atoms in total. The lowest BCUT2D eigenvalue weighted by Crippen LogP contribution is -2.68. The molecule has 34 heavy (non-hydrogen) atoms. The van der Waals surface area contributed by atoms with Crippen molar-refractivity contribution < 1.29 is 30.3 Å². The maximum atomic E-state index is 13.3. The zero-order chi connectivity index (χ0) is 25.4. The Bertz CT molecular complexity index is 854. The van der Waals surface area contributed by atoms with Gasteiger partial charge in [-0.05, 0) is 79.8 Å². The summed E-state index contributed by atoms with van der Waals surface area (Å²) in [5.41, 5.74) is -3.64. The molecule has 0 aliphatic heterocycles. The van der Waals surface area contributed by atoms with Crippen molar-refractivity contribution in [1.29, 1.82) is 0 Å². The quantitative estimate of drug-likeness (QED) is 0.415. The molecule has 0 aromatic heterocycles. The molecule has 0 radical (unpaired) electrons. The lowest BCUT2D eigenvalue weighted by atomic mass is 9.44. The zero-order valence-electron chi connectivity index (χ0n) is 21.8. The van der Waals surface area contributed by atoms with Crippen molar-refractivity contribution in [2.45, 2.75) is 116 Å². The van der Waals surface area contributed by atoms with E-state index < -0.39 is 46.1 Å². The standard InChI is InChI=1S/C28H46O6/c1-15(2)16(3)11-21(29)17(4)18-8-10-27(33)20-12-24(32)28(34)14-23(31)22(30)13-26(28,6)19(20)7-9-25(18,27)5/h12,15-19,21-23,29-31,33-34H,7-11,13-14H2,1-6H3/t16-,17-,18+,19-,21+,22-,23+,25+,26+,27+,28-/m0/s1. The van der Waals surface area contributed by atoms with E-state index in [1.807, 2.05) is 6.92 Å². The highest BCUT2D eigenvalue weighted by molar-refractivity contribution is 6.00. The summed E-state index contributed by atoms with van der Waals surface area (Å²) in [6.45, 7) is 12.6.